The van der Waals surface area contributed by atoms with Gasteiger partial charge in [-0.25, -0.2) is 4.79 Å². The molecule has 1 aromatic heterocycles. The lowest BCUT2D eigenvalue weighted by Crippen LogP contribution is -2.19. The van der Waals surface area contributed by atoms with Crippen LogP contribution >= 0.6 is 0 Å². The first-order chi connectivity index (χ1) is 10.1. The minimum atomic E-state index is -1.05. The van der Waals surface area contributed by atoms with Crippen LogP contribution in [-0.2, 0) is 6.54 Å². The standard InChI is InChI=1S/C16H19NO4/c1-3-14(11-4-6-12(20-2)7-5-11)17-10-13-8-9-15(21-13)16(18)19/h4-9,14,17H,3,10H2,1-2H3,(H,18,19). The molecule has 2 rings (SSSR count). The lowest BCUT2D eigenvalue weighted by atomic mass is 10.0. The Kier molecular flexibility index (Phi) is 5.00. The van der Waals surface area contributed by atoms with Crippen LogP contribution in [0.5, 0.6) is 5.75 Å². The maximum Gasteiger partial charge on any atom is 0.371 e. The summed E-state index contributed by atoms with van der Waals surface area (Å²) in [6.07, 6.45) is 0.916. The molecule has 112 valence electrons. The Labute approximate surface area is 123 Å². The van der Waals surface area contributed by atoms with Crippen LogP contribution in [0.1, 0.15) is 41.3 Å². The van der Waals surface area contributed by atoms with Gasteiger partial charge < -0.3 is 19.6 Å². The third-order valence-corrected chi connectivity index (χ3v) is 3.32. The Balaban J connectivity index is 1.99. The number of carbonyl (C=O) groups is 1. The smallest absolute Gasteiger partial charge is 0.371 e. The minimum Gasteiger partial charge on any atom is -0.497 e. The molecular weight excluding hydrogens is 270 g/mol. The van der Waals surface area contributed by atoms with Gasteiger partial charge in [-0.3, -0.25) is 0 Å². The highest BCUT2D eigenvalue weighted by molar-refractivity contribution is 5.84. The van der Waals surface area contributed by atoms with E-state index in [0.29, 0.717) is 12.3 Å². The molecule has 5 heteroatoms. The number of nitrogens with one attached hydrogen (secondary N) is 1. The molecule has 5 nitrogen and oxygen atoms in total. The molecule has 0 aliphatic heterocycles. The molecule has 21 heavy (non-hydrogen) atoms. The SMILES string of the molecule is CCC(NCc1ccc(C(=O)O)o1)c1ccc(OC)cc1. The number of methoxy groups -OCH3 is 1. The number of aromatic carboxylic acids is 1. The number of benzene rings is 1. The Hall–Kier alpha value is -2.27. The molecule has 2 aromatic rings. The van der Waals surface area contributed by atoms with Gasteiger partial charge in [-0.1, -0.05) is 19.1 Å². The van der Waals surface area contributed by atoms with Gasteiger partial charge in [-0.05, 0) is 36.2 Å². The van der Waals surface area contributed by atoms with E-state index in [4.69, 9.17) is 14.3 Å². The number of hydrogen-bond acceptors (Lipinski definition) is 4. The molecule has 1 aromatic carbocycles. The van der Waals surface area contributed by atoms with Crippen molar-refractivity contribution >= 4 is 5.97 Å². The van der Waals surface area contributed by atoms with E-state index in [0.717, 1.165) is 17.7 Å². The first-order valence-corrected chi connectivity index (χ1v) is 6.83. The summed E-state index contributed by atoms with van der Waals surface area (Å²) < 4.78 is 10.4. The second kappa shape index (κ2) is 6.95. The zero-order chi connectivity index (χ0) is 15.2. The number of carboxylic acid groups (broad SMARTS) is 1. The molecule has 2 N–H and O–H groups in total. The van der Waals surface area contributed by atoms with E-state index < -0.39 is 5.97 Å². The lowest BCUT2D eigenvalue weighted by molar-refractivity contribution is 0.0660. The summed E-state index contributed by atoms with van der Waals surface area (Å²) in [7, 11) is 1.64. The van der Waals surface area contributed by atoms with E-state index in [-0.39, 0.29) is 11.8 Å². The maximum atomic E-state index is 10.8. The molecule has 0 amide bonds. The largest absolute Gasteiger partial charge is 0.497 e. The minimum absolute atomic E-state index is 0.0377. The fraction of sp³-hybridized carbons (Fsp3) is 0.312. The van der Waals surface area contributed by atoms with Crippen molar-refractivity contribution in [2.75, 3.05) is 7.11 Å². The predicted molar refractivity (Wildman–Crippen MR) is 78.5 cm³/mol. The van der Waals surface area contributed by atoms with E-state index in [1.54, 1.807) is 13.2 Å². The predicted octanol–water partition coefficient (Wildman–Crippen LogP) is 3.23. The zero-order valence-electron chi connectivity index (χ0n) is 12.1. The highest BCUT2D eigenvalue weighted by Gasteiger charge is 2.12. The molecule has 1 heterocycles. The molecule has 1 unspecified atom stereocenters. The Morgan fingerprint density at radius 1 is 1.29 bits per heavy atom. The number of hydrogen-bond donors (Lipinski definition) is 2. The molecule has 1 atom stereocenters. The Morgan fingerprint density at radius 3 is 2.52 bits per heavy atom. The van der Waals surface area contributed by atoms with Gasteiger partial charge >= 0.3 is 5.97 Å². The topological polar surface area (TPSA) is 71.7 Å². The number of furan rings is 1. The lowest BCUT2D eigenvalue weighted by Gasteiger charge is -2.17. The molecule has 0 aliphatic rings. The first kappa shape index (κ1) is 15.1. The Bertz CT molecular complexity index is 589. The first-order valence-electron chi connectivity index (χ1n) is 6.83. The highest BCUT2D eigenvalue weighted by Crippen LogP contribution is 2.20. The summed E-state index contributed by atoms with van der Waals surface area (Å²) in [6.45, 7) is 2.57. The molecule has 0 bridgehead atoms. The number of ether oxygens (including phenoxy) is 1. The summed E-state index contributed by atoms with van der Waals surface area (Å²) in [5.74, 6) is 0.345. The van der Waals surface area contributed by atoms with Crippen LogP contribution in [-0.4, -0.2) is 18.2 Å². The summed E-state index contributed by atoms with van der Waals surface area (Å²) in [6, 6.07) is 11.2. The van der Waals surface area contributed by atoms with Gasteiger partial charge in [-0.2, -0.15) is 0 Å². The van der Waals surface area contributed by atoms with E-state index in [2.05, 4.69) is 12.2 Å². The zero-order valence-corrected chi connectivity index (χ0v) is 12.1. The van der Waals surface area contributed by atoms with Crippen molar-refractivity contribution in [3.63, 3.8) is 0 Å². The second-order valence-electron chi connectivity index (χ2n) is 4.69. The third kappa shape index (κ3) is 3.86. The molecule has 0 saturated heterocycles. The van der Waals surface area contributed by atoms with Crippen molar-refractivity contribution in [1.82, 2.24) is 5.32 Å². The average Bonchev–Trinajstić information content (AvgIpc) is 2.98. The second-order valence-corrected chi connectivity index (χ2v) is 4.69. The fourth-order valence-corrected chi connectivity index (χ4v) is 2.15. The van der Waals surface area contributed by atoms with Gasteiger partial charge in [0.25, 0.3) is 0 Å². The van der Waals surface area contributed by atoms with Gasteiger partial charge in [0.1, 0.15) is 11.5 Å². The highest BCUT2D eigenvalue weighted by atomic mass is 16.5. The Morgan fingerprint density at radius 2 is 2.00 bits per heavy atom. The van der Waals surface area contributed by atoms with Crippen LogP contribution < -0.4 is 10.1 Å². The van der Waals surface area contributed by atoms with Gasteiger partial charge in [0.05, 0.1) is 13.7 Å². The van der Waals surface area contributed by atoms with Gasteiger partial charge in [0, 0.05) is 6.04 Å². The molecular formula is C16H19NO4. The van der Waals surface area contributed by atoms with Gasteiger partial charge in [-0.15, -0.1) is 0 Å². The third-order valence-electron chi connectivity index (χ3n) is 3.32. The van der Waals surface area contributed by atoms with E-state index in [9.17, 15) is 4.79 Å². The summed E-state index contributed by atoms with van der Waals surface area (Å²) >= 11 is 0. The normalized spacial score (nSPS) is 12.1. The number of rotatable bonds is 7. The van der Waals surface area contributed by atoms with Gasteiger partial charge in [0.2, 0.25) is 5.76 Å². The fourth-order valence-electron chi connectivity index (χ4n) is 2.15. The summed E-state index contributed by atoms with van der Waals surface area (Å²) in [4.78, 5) is 10.8. The summed E-state index contributed by atoms with van der Waals surface area (Å²) in [5, 5.41) is 12.2. The van der Waals surface area contributed by atoms with Crippen LogP contribution in [0.3, 0.4) is 0 Å². The monoisotopic (exact) mass is 289 g/mol. The van der Waals surface area contributed by atoms with Gasteiger partial charge in [0.15, 0.2) is 0 Å². The van der Waals surface area contributed by atoms with E-state index in [1.807, 2.05) is 24.3 Å². The van der Waals surface area contributed by atoms with Crippen LogP contribution in [0, 0.1) is 0 Å². The molecule has 0 aliphatic carbocycles. The van der Waals surface area contributed by atoms with E-state index in [1.165, 1.54) is 6.07 Å². The molecule has 0 fully saturated rings. The van der Waals surface area contributed by atoms with Crippen LogP contribution in [0.2, 0.25) is 0 Å². The van der Waals surface area contributed by atoms with Crippen molar-refractivity contribution in [3.05, 3.63) is 53.5 Å². The van der Waals surface area contributed by atoms with E-state index >= 15 is 0 Å². The molecule has 0 radical (unpaired) electrons. The number of carboxylic acids is 1. The van der Waals surface area contributed by atoms with Crippen molar-refractivity contribution in [2.45, 2.75) is 25.9 Å². The van der Waals surface area contributed by atoms with Crippen LogP contribution in [0.15, 0.2) is 40.8 Å². The molecule has 0 spiro atoms. The van der Waals surface area contributed by atoms with Crippen LogP contribution in [0.25, 0.3) is 0 Å². The van der Waals surface area contributed by atoms with Crippen molar-refractivity contribution in [1.29, 1.82) is 0 Å². The quantitative estimate of drug-likeness (QED) is 0.818. The summed E-state index contributed by atoms with van der Waals surface area (Å²) in [5.41, 5.74) is 1.16. The van der Waals surface area contributed by atoms with Crippen LogP contribution in [0.4, 0.5) is 0 Å². The van der Waals surface area contributed by atoms with Crippen molar-refractivity contribution < 1.29 is 19.1 Å². The van der Waals surface area contributed by atoms with Crippen molar-refractivity contribution in [2.24, 2.45) is 0 Å². The molecule has 0 saturated carbocycles. The van der Waals surface area contributed by atoms with Crippen molar-refractivity contribution in [3.8, 4) is 5.75 Å². The maximum absolute atomic E-state index is 10.8. The average molecular weight is 289 g/mol.